The van der Waals surface area contributed by atoms with Crippen LogP contribution in [0.3, 0.4) is 0 Å². The SMILES string of the molecule is CCCCCCCCCCCCCCC(CC(=O)NCCCNC(=O)C(C)(CC(CC)C(N)=O)CC(C)(CC(C)(C)C(=O)NCCCNC(=O)c1ccc(C(=O)c2ccccc2)cc1)C(=O)NCCCNC(=O)C(CCCCCCCCCCCCCC)CC(=O)O)C(=O)O. The van der Waals surface area contributed by atoms with Crippen molar-refractivity contribution in [1.82, 2.24) is 31.9 Å². The van der Waals surface area contributed by atoms with Crippen LogP contribution >= 0.6 is 0 Å². The van der Waals surface area contributed by atoms with E-state index >= 15 is 0 Å². The van der Waals surface area contributed by atoms with Crippen molar-refractivity contribution in [3.63, 3.8) is 0 Å². The predicted molar refractivity (Wildman–Crippen MR) is 377 cm³/mol. The zero-order valence-electron chi connectivity index (χ0n) is 59.5. The van der Waals surface area contributed by atoms with Gasteiger partial charge in [-0.15, -0.1) is 0 Å². The van der Waals surface area contributed by atoms with E-state index in [-0.39, 0.29) is 101 Å². The summed E-state index contributed by atoms with van der Waals surface area (Å²) in [5.41, 5.74) is 3.15. The molecule has 0 spiro atoms. The maximum Gasteiger partial charge on any atom is 0.307 e. The molecule has 7 amide bonds. The summed E-state index contributed by atoms with van der Waals surface area (Å²) < 4.78 is 0. The van der Waals surface area contributed by atoms with Gasteiger partial charge in [0, 0.05) is 90.5 Å². The van der Waals surface area contributed by atoms with E-state index in [0.717, 1.165) is 51.4 Å². The Morgan fingerprint density at radius 2 is 0.811 bits per heavy atom. The van der Waals surface area contributed by atoms with Crippen molar-refractivity contribution in [2.45, 2.75) is 273 Å². The maximum absolute atomic E-state index is 14.9. The molecule has 0 saturated carbocycles. The van der Waals surface area contributed by atoms with E-state index in [9.17, 15) is 58.2 Å². The first-order valence-corrected chi connectivity index (χ1v) is 36.5. The highest BCUT2D eigenvalue weighted by Gasteiger charge is 2.49. The van der Waals surface area contributed by atoms with Gasteiger partial charge in [-0.3, -0.25) is 47.9 Å². The third kappa shape index (κ3) is 36.3. The molecular weight excluding hydrogens is 1200 g/mol. The van der Waals surface area contributed by atoms with E-state index in [0.29, 0.717) is 48.8 Å². The zero-order valence-corrected chi connectivity index (χ0v) is 59.5. The lowest BCUT2D eigenvalue weighted by Crippen LogP contribution is -2.52. The number of nitrogens with two attached hydrogens (primary N) is 1. The number of ketones is 1. The van der Waals surface area contributed by atoms with Gasteiger partial charge in [0.1, 0.15) is 0 Å². The lowest BCUT2D eigenvalue weighted by Gasteiger charge is -2.42. The second-order valence-electron chi connectivity index (χ2n) is 28.0. The number of nitrogens with one attached hydrogen (secondary N) is 6. The summed E-state index contributed by atoms with van der Waals surface area (Å²) in [6.07, 6.45) is 29.2. The first-order chi connectivity index (χ1) is 45.4. The number of benzene rings is 2. The molecule has 0 radical (unpaired) electrons. The number of aliphatic carboxylic acids is 2. The molecule has 0 heterocycles. The summed E-state index contributed by atoms with van der Waals surface area (Å²) in [7, 11) is 0. The average molecular weight is 1330 g/mol. The Morgan fingerprint density at radius 3 is 1.26 bits per heavy atom. The van der Waals surface area contributed by atoms with Gasteiger partial charge in [0.15, 0.2) is 5.78 Å². The summed E-state index contributed by atoms with van der Waals surface area (Å²) in [5.74, 6) is -7.57. The van der Waals surface area contributed by atoms with E-state index < -0.39 is 69.6 Å². The highest BCUT2D eigenvalue weighted by molar-refractivity contribution is 6.09. The Labute approximate surface area is 570 Å². The molecule has 5 unspecified atom stereocenters. The fourth-order valence-electron chi connectivity index (χ4n) is 12.9. The summed E-state index contributed by atoms with van der Waals surface area (Å²) in [4.78, 5) is 133. The van der Waals surface area contributed by atoms with Crippen molar-refractivity contribution < 1.29 is 58.2 Å². The molecule has 0 bridgehead atoms. The van der Waals surface area contributed by atoms with Gasteiger partial charge < -0.3 is 47.8 Å². The summed E-state index contributed by atoms with van der Waals surface area (Å²) >= 11 is 0. The van der Waals surface area contributed by atoms with Gasteiger partial charge in [-0.05, 0) is 69.9 Å². The van der Waals surface area contributed by atoms with Crippen LogP contribution in [0.25, 0.3) is 0 Å². The fraction of sp³-hybridized carbons (Fsp3) is 0.711. The van der Waals surface area contributed by atoms with E-state index in [2.05, 4.69) is 45.7 Å². The molecule has 0 saturated heterocycles. The highest BCUT2D eigenvalue weighted by atomic mass is 16.4. The minimum Gasteiger partial charge on any atom is -0.481 e. The molecule has 0 aliphatic carbocycles. The van der Waals surface area contributed by atoms with Crippen molar-refractivity contribution in [1.29, 1.82) is 0 Å². The molecule has 19 heteroatoms. The Morgan fingerprint density at radius 1 is 0.411 bits per heavy atom. The number of carboxylic acids is 2. The molecule has 0 fully saturated rings. The van der Waals surface area contributed by atoms with Crippen LogP contribution in [0.15, 0.2) is 54.6 Å². The van der Waals surface area contributed by atoms with Gasteiger partial charge in [-0.2, -0.15) is 0 Å². The van der Waals surface area contributed by atoms with Crippen LogP contribution in [-0.4, -0.2) is 109 Å². The molecule has 5 atom stereocenters. The molecule has 0 aliphatic heterocycles. The molecule has 2 aromatic carbocycles. The molecule has 0 aromatic heterocycles. The largest absolute Gasteiger partial charge is 0.481 e. The highest BCUT2D eigenvalue weighted by Crippen LogP contribution is 2.46. The Kier molecular flexibility index (Phi) is 43.5. The normalized spacial score (nSPS) is 13.6. The molecule has 2 aromatic rings. The molecule has 0 aliphatic rings. The topological polar surface area (TPSA) is 309 Å². The van der Waals surface area contributed by atoms with Crippen molar-refractivity contribution >= 4 is 59.1 Å². The number of carboxylic acid groups (broad SMARTS) is 2. The third-order valence-electron chi connectivity index (χ3n) is 18.6. The molecule has 536 valence electrons. The van der Waals surface area contributed by atoms with Crippen LogP contribution in [0.1, 0.15) is 299 Å². The molecule has 2 rings (SSSR count). The quantitative estimate of drug-likeness (QED) is 0.0221. The average Bonchev–Trinajstić information content (AvgIpc) is 0.782. The van der Waals surface area contributed by atoms with Crippen molar-refractivity contribution in [2.24, 2.45) is 39.7 Å². The van der Waals surface area contributed by atoms with E-state index in [1.165, 1.54) is 103 Å². The number of unbranched alkanes of at least 4 members (excludes halogenated alkanes) is 22. The number of carbonyl (C=O) groups excluding carboxylic acids is 8. The monoisotopic (exact) mass is 1330 g/mol. The van der Waals surface area contributed by atoms with Crippen LogP contribution in [0.5, 0.6) is 0 Å². The van der Waals surface area contributed by atoms with Gasteiger partial charge in [0.25, 0.3) is 5.91 Å². The summed E-state index contributed by atoms with van der Waals surface area (Å²) in [5, 5.41) is 37.1. The number of primary amides is 1. The summed E-state index contributed by atoms with van der Waals surface area (Å²) in [6, 6.07) is 15.2. The zero-order chi connectivity index (χ0) is 70.3. The van der Waals surface area contributed by atoms with Crippen molar-refractivity contribution in [3.8, 4) is 0 Å². The lowest BCUT2D eigenvalue weighted by molar-refractivity contribution is -0.144. The Balaban J connectivity index is 2.17. The number of carbonyl (C=O) groups is 10. The number of amides is 7. The first kappa shape index (κ1) is 84.4. The second-order valence-corrected chi connectivity index (χ2v) is 28.0. The van der Waals surface area contributed by atoms with Gasteiger partial charge in [-0.1, -0.05) is 245 Å². The molecule has 19 nitrogen and oxygen atoms in total. The number of hydrogen-bond acceptors (Lipinski definition) is 10. The lowest BCUT2D eigenvalue weighted by atomic mass is 9.62. The number of rotatable bonds is 58. The van der Waals surface area contributed by atoms with E-state index in [1.807, 2.05) is 6.07 Å². The van der Waals surface area contributed by atoms with E-state index in [1.54, 1.807) is 83.1 Å². The molecule has 95 heavy (non-hydrogen) atoms. The number of hydrogen-bond donors (Lipinski definition) is 9. The fourth-order valence-corrected chi connectivity index (χ4v) is 12.9. The van der Waals surface area contributed by atoms with Crippen molar-refractivity contribution in [2.75, 3.05) is 39.3 Å². The maximum atomic E-state index is 14.9. The smallest absolute Gasteiger partial charge is 0.307 e. The second kappa shape index (κ2) is 48.9. The van der Waals surface area contributed by atoms with Gasteiger partial charge in [0.05, 0.1) is 12.3 Å². The van der Waals surface area contributed by atoms with Crippen LogP contribution in [0.2, 0.25) is 0 Å². The first-order valence-electron chi connectivity index (χ1n) is 36.5. The standard InChI is InChI=1S/C76H125N7O12/c1-8-11-13-15-17-19-21-23-25-27-29-32-41-62(54-65(85)86)69(90)80-49-38-52-83-73(95)76(7,56-74(4,5)71(93)81-50-37-48-79-68(89)61-45-43-60(44-46-61)66(87)59-39-34-31-35-40-59)57-75(6,55-58(10-3)67(77)88)72(94)82-51-36-47-78-64(84)53-63(70(91)92)42-33-30-28-26-24-22-20-18-16-14-12-9-2/h31,34-35,39-40,43-46,58,62-63H,8-30,32-33,36-38,41-42,47-57H2,1-7H3,(H2,77,88)(H,78,84)(H,79,89)(H,80,90)(H,81,93)(H,82,94)(H,83,95)(H,85,86)(H,91,92). The van der Waals surface area contributed by atoms with Gasteiger partial charge in [-0.25, -0.2) is 0 Å². The Hall–Kier alpha value is -6.66. The molecular formula is C76H125N7O12. The molecule has 10 N–H and O–H groups in total. The van der Waals surface area contributed by atoms with Crippen LogP contribution in [-0.2, 0) is 38.4 Å². The Bertz CT molecular complexity index is 2580. The predicted octanol–water partition coefficient (Wildman–Crippen LogP) is 13.5. The van der Waals surface area contributed by atoms with Gasteiger partial charge in [0.2, 0.25) is 35.4 Å². The third-order valence-corrected chi connectivity index (χ3v) is 18.6. The van der Waals surface area contributed by atoms with Crippen LogP contribution < -0.4 is 37.6 Å². The van der Waals surface area contributed by atoms with E-state index in [4.69, 9.17) is 5.73 Å². The minimum absolute atomic E-state index is 0.0306. The van der Waals surface area contributed by atoms with Gasteiger partial charge >= 0.3 is 11.9 Å². The van der Waals surface area contributed by atoms with Crippen LogP contribution in [0, 0.1) is 34.0 Å². The van der Waals surface area contributed by atoms with Crippen molar-refractivity contribution in [3.05, 3.63) is 71.3 Å². The minimum atomic E-state index is -1.45. The van der Waals surface area contributed by atoms with Crippen LogP contribution in [0.4, 0.5) is 0 Å². The summed E-state index contributed by atoms with van der Waals surface area (Å²) in [6.45, 7) is 13.8.